The Bertz CT molecular complexity index is 1040. The average molecular weight is 527 g/mol. The van der Waals surface area contributed by atoms with E-state index in [1.165, 1.54) is 0 Å². The van der Waals surface area contributed by atoms with E-state index in [0.717, 1.165) is 30.8 Å². The zero-order valence-corrected chi connectivity index (χ0v) is 20.7. The maximum Gasteiger partial charge on any atom is 0.417 e. The van der Waals surface area contributed by atoms with Crippen molar-refractivity contribution in [3.8, 4) is 11.3 Å². The highest BCUT2D eigenvalue weighted by Crippen LogP contribution is 2.31. The molecule has 0 bridgehead atoms. The fourth-order valence-corrected chi connectivity index (χ4v) is 4.64. The van der Waals surface area contributed by atoms with Crippen molar-refractivity contribution in [3.63, 3.8) is 0 Å². The molecule has 1 heterocycles. The standard InChI is InChI=1S/C23H29F3N6O3S/c1-13(27-2)19(33)28-16(14-9-5-3-6-10-14)20(34)29-18(23(24,25)26)21(35)30-22-17(31-32-36-22)15-11-7-4-8-12-15/h4,7-8,11-14,16,18,27H,3,5-6,9-10H2,1-2H3,(H,28,33)(H,29,34)(H,30,35)/t13-,16-,18+/m0/s1. The molecule has 0 radical (unpaired) electrons. The number of anilines is 1. The number of halogens is 3. The van der Waals surface area contributed by atoms with E-state index in [1.807, 2.05) is 5.32 Å². The van der Waals surface area contributed by atoms with E-state index >= 15 is 0 Å². The molecule has 1 saturated carbocycles. The predicted molar refractivity (Wildman–Crippen MR) is 129 cm³/mol. The summed E-state index contributed by atoms with van der Waals surface area (Å²) in [5.41, 5.74) is 0.780. The van der Waals surface area contributed by atoms with Crippen LogP contribution in [0.25, 0.3) is 11.3 Å². The lowest BCUT2D eigenvalue weighted by molar-refractivity contribution is -0.169. The van der Waals surface area contributed by atoms with Crippen molar-refractivity contribution in [2.24, 2.45) is 5.92 Å². The number of nitrogens with zero attached hydrogens (tertiary/aromatic N) is 2. The number of carbonyl (C=O) groups excluding carboxylic acids is 3. The number of aromatic nitrogens is 2. The monoisotopic (exact) mass is 526 g/mol. The lowest BCUT2D eigenvalue weighted by Gasteiger charge is -2.32. The molecule has 9 nitrogen and oxygen atoms in total. The molecule has 196 valence electrons. The molecule has 0 aliphatic heterocycles. The van der Waals surface area contributed by atoms with Crippen LogP contribution in [0, 0.1) is 5.92 Å². The van der Waals surface area contributed by atoms with Crippen LogP contribution in [-0.2, 0) is 14.4 Å². The van der Waals surface area contributed by atoms with Crippen LogP contribution in [0.3, 0.4) is 0 Å². The quantitative estimate of drug-likeness (QED) is 0.398. The van der Waals surface area contributed by atoms with Gasteiger partial charge in [0.15, 0.2) is 0 Å². The summed E-state index contributed by atoms with van der Waals surface area (Å²) in [7, 11) is 1.56. The van der Waals surface area contributed by atoms with Gasteiger partial charge in [-0.15, -0.1) is 5.10 Å². The molecule has 1 fully saturated rings. The second-order valence-corrected chi connectivity index (χ2v) is 9.44. The van der Waals surface area contributed by atoms with Gasteiger partial charge >= 0.3 is 6.18 Å². The molecular formula is C23H29F3N6O3S. The Morgan fingerprint density at radius 1 is 1.00 bits per heavy atom. The van der Waals surface area contributed by atoms with Gasteiger partial charge in [-0.3, -0.25) is 14.4 Å². The van der Waals surface area contributed by atoms with Crippen LogP contribution in [0.1, 0.15) is 39.0 Å². The van der Waals surface area contributed by atoms with Gasteiger partial charge < -0.3 is 21.3 Å². The number of alkyl halides is 3. The lowest BCUT2D eigenvalue weighted by atomic mass is 9.83. The highest BCUT2D eigenvalue weighted by atomic mass is 32.1. The summed E-state index contributed by atoms with van der Waals surface area (Å²) in [6.45, 7) is 1.57. The number of rotatable bonds is 9. The third kappa shape index (κ3) is 7.00. The van der Waals surface area contributed by atoms with Gasteiger partial charge in [0.05, 0.1) is 6.04 Å². The maximum atomic E-state index is 13.9. The van der Waals surface area contributed by atoms with E-state index < -0.39 is 42.0 Å². The van der Waals surface area contributed by atoms with Crippen molar-refractivity contribution in [1.82, 2.24) is 25.5 Å². The first-order valence-corrected chi connectivity index (χ1v) is 12.4. The first-order valence-electron chi connectivity index (χ1n) is 11.6. The normalized spacial score (nSPS) is 17.0. The van der Waals surface area contributed by atoms with Gasteiger partial charge in [-0.25, -0.2) is 0 Å². The number of benzene rings is 1. The molecule has 1 aliphatic carbocycles. The van der Waals surface area contributed by atoms with Crippen LogP contribution in [0.15, 0.2) is 30.3 Å². The van der Waals surface area contributed by atoms with Gasteiger partial charge in [0, 0.05) is 17.1 Å². The molecule has 4 N–H and O–H groups in total. The molecule has 0 unspecified atom stereocenters. The van der Waals surface area contributed by atoms with Gasteiger partial charge in [0.2, 0.25) is 17.9 Å². The van der Waals surface area contributed by atoms with Crippen LogP contribution >= 0.6 is 11.5 Å². The molecule has 3 amide bonds. The molecule has 1 aromatic heterocycles. The van der Waals surface area contributed by atoms with Crippen LogP contribution in [0.5, 0.6) is 0 Å². The second kappa shape index (κ2) is 12.3. The van der Waals surface area contributed by atoms with E-state index in [4.69, 9.17) is 0 Å². The number of hydrogen-bond donors (Lipinski definition) is 4. The van der Waals surface area contributed by atoms with Gasteiger partial charge in [0.25, 0.3) is 5.91 Å². The van der Waals surface area contributed by atoms with Gasteiger partial charge in [-0.2, -0.15) is 13.2 Å². The average Bonchev–Trinajstić information content (AvgIpc) is 3.33. The number of carbonyl (C=O) groups is 3. The van der Waals surface area contributed by atoms with Gasteiger partial charge in [-0.05, 0) is 32.7 Å². The first-order chi connectivity index (χ1) is 17.1. The van der Waals surface area contributed by atoms with Crippen molar-refractivity contribution in [2.75, 3.05) is 12.4 Å². The summed E-state index contributed by atoms with van der Waals surface area (Å²) in [6.07, 6.45) is -1.36. The SMILES string of the molecule is CN[C@@H](C)C(=O)N[C@H](C(=O)N[C@H](C(=O)Nc1snnc1-c1ccccc1)C(F)(F)F)C1CCCCC1. The minimum atomic E-state index is -5.08. The summed E-state index contributed by atoms with van der Waals surface area (Å²) >= 11 is 0.726. The van der Waals surface area contributed by atoms with Crippen LogP contribution in [0.2, 0.25) is 0 Å². The highest BCUT2D eigenvalue weighted by molar-refractivity contribution is 7.10. The minimum Gasteiger partial charge on any atom is -0.343 e. The molecule has 3 rings (SSSR count). The summed E-state index contributed by atoms with van der Waals surface area (Å²) in [6, 6.07) is 3.87. The Balaban J connectivity index is 1.80. The number of likely N-dealkylation sites (N-methyl/N-ethyl adjacent to an activating group) is 1. The summed E-state index contributed by atoms with van der Waals surface area (Å²) < 4.78 is 45.5. The zero-order chi connectivity index (χ0) is 26.3. The highest BCUT2D eigenvalue weighted by Gasteiger charge is 2.48. The molecular weight excluding hydrogens is 497 g/mol. The van der Waals surface area contributed by atoms with Crippen molar-refractivity contribution in [3.05, 3.63) is 30.3 Å². The second-order valence-electron chi connectivity index (χ2n) is 8.68. The van der Waals surface area contributed by atoms with Crippen molar-refractivity contribution >= 4 is 34.3 Å². The predicted octanol–water partition coefficient (Wildman–Crippen LogP) is 2.86. The summed E-state index contributed by atoms with van der Waals surface area (Å²) in [5.74, 6) is -3.38. The number of hydrogen-bond acceptors (Lipinski definition) is 7. The van der Waals surface area contributed by atoms with Gasteiger partial charge in [0.1, 0.15) is 16.7 Å². The smallest absolute Gasteiger partial charge is 0.343 e. The van der Waals surface area contributed by atoms with Crippen molar-refractivity contribution in [2.45, 2.75) is 63.3 Å². The van der Waals surface area contributed by atoms with E-state index in [2.05, 4.69) is 25.5 Å². The largest absolute Gasteiger partial charge is 0.417 e. The van der Waals surface area contributed by atoms with E-state index in [1.54, 1.807) is 44.3 Å². The molecule has 0 spiro atoms. The lowest BCUT2D eigenvalue weighted by Crippen LogP contribution is -2.60. The van der Waals surface area contributed by atoms with E-state index in [9.17, 15) is 27.6 Å². The molecule has 1 aromatic carbocycles. The minimum absolute atomic E-state index is 0.0228. The molecule has 0 saturated heterocycles. The van der Waals surface area contributed by atoms with Crippen molar-refractivity contribution in [1.29, 1.82) is 0 Å². The van der Waals surface area contributed by atoms with Crippen molar-refractivity contribution < 1.29 is 27.6 Å². The molecule has 2 aromatic rings. The first kappa shape index (κ1) is 27.5. The molecule has 36 heavy (non-hydrogen) atoms. The Labute approximate surface area is 210 Å². The molecule has 1 aliphatic rings. The molecule has 3 atom stereocenters. The topological polar surface area (TPSA) is 125 Å². The van der Waals surface area contributed by atoms with Crippen LogP contribution in [-0.4, -0.2) is 58.7 Å². The third-order valence-corrected chi connectivity index (χ3v) is 6.82. The Morgan fingerprint density at radius 2 is 1.67 bits per heavy atom. The summed E-state index contributed by atoms with van der Waals surface area (Å²) in [5, 5.41) is 13.3. The Kier molecular flexibility index (Phi) is 9.37. The number of amides is 3. The third-order valence-electron chi connectivity index (χ3n) is 6.18. The fraction of sp³-hybridized carbons (Fsp3) is 0.522. The van der Waals surface area contributed by atoms with E-state index in [-0.39, 0.29) is 16.6 Å². The summed E-state index contributed by atoms with van der Waals surface area (Å²) in [4.78, 5) is 38.3. The van der Waals surface area contributed by atoms with Crippen LogP contribution < -0.4 is 21.3 Å². The molecule has 13 heteroatoms. The van der Waals surface area contributed by atoms with Gasteiger partial charge in [-0.1, -0.05) is 54.1 Å². The zero-order valence-electron chi connectivity index (χ0n) is 19.9. The maximum absolute atomic E-state index is 13.9. The van der Waals surface area contributed by atoms with Crippen LogP contribution in [0.4, 0.5) is 18.2 Å². The number of nitrogens with one attached hydrogen (secondary N) is 4. The fourth-order valence-electron chi connectivity index (χ4n) is 4.04. The van der Waals surface area contributed by atoms with E-state index in [0.29, 0.717) is 18.4 Å². The Morgan fingerprint density at radius 3 is 2.28 bits per heavy atom. The Hall–Kier alpha value is -3.06.